The number of esters is 1. The minimum atomic E-state index is -0.338. The van der Waals surface area contributed by atoms with E-state index in [2.05, 4.69) is 4.98 Å². The van der Waals surface area contributed by atoms with E-state index in [-0.39, 0.29) is 23.6 Å². The number of thioether (sulfide) groups is 1. The molecule has 0 fully saturated rings. The monoisotopic (exact) mass is 304 g/mol. The fourth-order valence-electron chi connectivity index (χ4n) is 2.13. The van der Waals surface area contributed by atoms with E-state index in [1.165, 1.54) is 11.8 Å². The van der Waals surface area contributed by atoms with Crippen LogP contribution in [0.2, 0.25) is 0 Å². The molecule has 1 aromatic rings. The van der Waals surface area contributed by atoms with Crippen LogP contribution in [0.4, 0.5) is 0 Å². The highest BCUT2D eigenvalue weighted by Gasteiger charge is 2.21. The van der Waals surface area contributed by atoms with Crippen molar-refractivity contribution in [2.75, 3.05) is 5.75 Å². The molecule has 5 nitrogen and oxygen atoms in total. The first-order chi connectivity index (χ1) is 10.0. The number of hydrogen-bond acceptors (Lipinski definition) is 6. The number of rotatable bonds is 4. The fourth-order valence-corrected chi connectivity index (χ4v) is 2.89. The number of hydrogen-bond donors (Lipinski definition) is 0. The second kappa shape index (κ2) is 6.72. The Labute approximate surface area is 127 Å². The van der Waals surface area contributed by atoms with Gasteiger partial charge in [0, 0.05) is 12.0 Å². The smallest absolute Gasteiger partial charge is 0.316 e. The first-order valence-corrected chi connectivity index (χ1v) is 7.79. The molecule has 6 heteroatoms. The van der Waals surface area contributed by atoms with E-state index in [4.69, 9.17) is 4.74 Å². The zero-order valence-corrected chi connectivity index (χ0v) is 12.8. The second-order valence-corrected chi connectivity index (χ2v) is 6.02. The van der Waals surface area contributed by atoms with Crippen molar-refractivity contribution in [1.29, 1.82) is 5.26 Å². The first-order valence-electron chi connectivity index (χ1n) is 6.80. The summed E-state index contributed by atoms with van der Waals surface area (Å²) in [7, 11) is 0. The SMILES string of the molecule is CC(C)OC(=O)CSc1nc2c(cc1C#N)C(=O)CCC2. The maximum absolute atomic E-state index is 11.8. The fraction of sp³-hybridized carbons (Fsp3) is 0.467. The van der Waals surface area contributed by atoms with Crippen molar-refractivity contribution in [2.45, 2.75) is 44.2 Å². The van der Waals surface area contributed by atoms with Crippen molar-refractivity contribution in [2.24, 2.45) is 0 Å². The van der Waals surface area contributed by atoms with Crippen LogP contribution >= 0.6 is 11.8 Å². The number of ether oxygens (including phenoxy) is 1. The number of aromatic nitrogens is 1. The Morgan fingerprint density at radius 3 is 2.95 bits per heavy atom. The molecule has 2 rings (SSSR count). The molecule has 0 saturated heterocycles. The third-order valence-electron chi connectivity index (χ3n) is 3.00. The van der Waals surface area contributed by atoms with Gasteiger partial charge in [0.1, 0.15) is 11.1 Å². The number of nitrogens with zero attached hydrogens (tertiary/aromatic N) is 2. The number of fused-ring (bicyclic) bond motifs is 1. The van der Waals surface area contributed by atoms with Gasteiger partial charge in [-0.05, 0) is 32.8 Å². The number of ketones is 1. The number of pyridine rings is 1. The van der Waals surface area contributed by atoms with E-state index in [9.17, 15) is 14.9 Å². The number of Topliss-reactive ketones (excluding diaryl/α,β-unsaturated/α-hetero) is 1. The van der Waals surface area contributed by atoms with Crippen molar-refractivity contribution < 1.29 is 14.3 Å². The lowest BCUT2D eigenvalue weighted by Crippen LogP contribution is -2.15. The van der Waals surface area contributed by atoms with Gasteiger partial charge in [0.05, 0.1) is 23.1 Å². The van der Waals surface area contributed by atoms with Crippen LogP contribution in [0.15, 0.2) is 11.1 Å². The average molecular weight is 304 g/mol. The standard InChI is InChI=1S/C15H16N2O3S/c1-9(2)20-14(19)8-21-15-10(7-16)6-11-12(17-15)4-3-5-13(11)18/h6,9H,3-5,8H2,1-2H3. The molecule has 21 heavy (non-hydrogen) atoms. The summed E-state index contributed by atoms with van der Waals surface area (Å²) in [6.07, 6.45) is 1.86. The lowest BCUT2D eigenvalue weighted by molar-refractivity contribution is -0.144. The maximum atomic E-state index is 11.8. The normalized spacial score (nSPS) is 13.7. The zero-order chi connectivity index (χ0) is 15.4. The molecular weight excluding hydrogens is 288 g/mol. The zero-order valence-electron chi connectivity index (χ0n) is 12.0. The van der Waals surface area contributed by atoms with Crippen molar-refractivity contribution in [3.05, 3.63) is 22.9 Å². The largest absolute Gasteiger partial charge is 0.462 e. The summed E-state index contributed by atoms with van der Waals surface area (Å²) in [5.74, 6) is -0.197. The van der Waals surface area contributed by atoms with Crippen LogP contribution in [0.1, 0.15) is 48.3 Å². The molecule has 1 aliphatic rings. The molecule has 0 unspecified atom stereocenters. The number of carbonyl (C=O) groups excluding carboxylic acids is 2. The molecule has 0 aromatic carbocycles. The van der Waals surface area contributed by atoms with Gasteiger partial charge in [0.15, 0.2) is 5.78 Å². The van der Waals surface area contributed by atoms with Crippen LogP contribution in [0.25, 0.3) is 0 Å². The minimum Gasteiger partial charge on any atom is -0.462 e. The highest BCUT2D eigenvalue weighted by molar-refractivity contribution is 7.99. The Kier molecular flexibility index (Phi) is 4.97. The summed E-state index contributed by atoms with van der Waals surface area (Å²) in [5.41, 5.74) is 1.61. The third kappa shape index (κ3) is 3.82. The molecule has 110 valence electrons. The lowest BCUT2D eigenvalue weighted by atomic mass is 9.94. The lowest BCUT2D eigenvalue weighted by Gasteiger charge is -2.15. The summed E-state index contributed by atoms with van der Waals surface area (Å²) in [6.45, 7) is 3.57. The van der Waals surface area contributed by atoms with Crippen molar-refractivity contribution in [1.82, 2.24) is 4.98 Å². The molecular formula is C15H16N2O3S. The molecule has 1 heterocycles. The van der Waals surface area contributed by atoms with Crippen molar-refractivity contribution in [3.8, 4) is 6.07 Å². The van der Waals surface area contributed by atoms with Crippen LogP contribution in [0.3, 0.4) is 0 Å². The van der Waals surface area contributed by atoms with E-state index >= 15 is 0 Å². The molecule has 0 aliphatic heterocycles. The first kappa shape index (κ1) is 15.5. The van der Waals surface area contributed by atoms with E-state index in [0.29, 0.717) is 22.6 Å². The predicted molar refractivity (Wildman–Crippen MR) is 78.2 cm³/mol. The Bertz CT molecular complexity index is 620. The van der Waals surface area contributed by atoms with Crippen molar-refractivity contribution >= 4 is 23.5 Å². The van der Waals surface area contributed by atoms with Crippen LogP contribution in [-0.2, 0) is 16.0 Å². The van der Waals surface area contributed by atoms with Crippen LogP contribution in [0, 0.1) is 11.3 Å². The molecule has 0 N–H and O–H groups in total. The van der Waals surface area contributed by atoms with Gasteiger partial charge >= 0.3 is 5.97 Å². The van der Waals surface area contributed by atoms with Crippen LogP contribution < -0.4 is 0 Å². The molecule has 1 aromatic heterocycles. The van der Waals surface area contributed by atoms with E-state index in [0.717, 1.165) is 18.5 Å². The molecule has 0 amide bonds. The van der Waals surface area contributed by atoms with Crippen molar-refractivity contribution in [3.63, 3.8) is 0 Å². The van der Waals surface area contributed by atoms with Gasteiger partial charge in [-0.15, -0.1) is 0 Å². The Hall–Kier alpha value is -1.87. The average Bonchev–Trinajstić information content (AvgIpc) is 2.44. The van der Waals surface area contributed by atoms with E-state index in [1.54, 1.807) is 19.9 Å². The van der Waals surface area contributed by atoms with E-state index < -0.39 is 0 Å². The van der Waals surface area contributed by atoms with Gasteiger partial charge in [-0.3, -0.25) is 9.59 Å². The van der Waals surface area contributed by atoms with Gasteiger partial charge in [-0.1, -0.05) is 11.8 Å². The summed E-state index contributed by atoms with van der Waals surface area (Å²) >= 11 is 1.18. The number of aryl methyl sites for hydroxylation is 1. The van der Waals surface area contributed by atoms with E-state index in [1.807, 2.05) is 6.07 Å². The Morgan fingerprint density at radius 1 is 1.52 bits per heavy atom. The summed E-state index contributed by atoms with van der Waals surface area (Å²) in [5, 5.41) is 9.68. The Balaban J connectivity index is 2.18. The predicted octanol–water partition coefficient (Wildman–Crippen LogP) is 2.52. The molecule has 0 bridgehead atoms. The topological polar surface area (TPSA) is 80.0 Å². The summed E-state index contributed by atoms with van der Waals surface area (Å²) in [4.78, 5) is 27.8. The van der Waals surface area contributed by atoms with Gasteiger partial charge < -0.3 is 4.74 Å². The minimum absolute atomic E-state index is 0.0380. The number of carbonyl (C=O) groups is 2. The highest BCUT2D eigenvalue weighted by Crippen LogP contribution is 2.27. The molecule has 1 aliphatic carbocycles. The highest BCUT2D eigenvalue weighted by atomic mass is 32.2. The molecule has 0 radical (unpaired) electrons. The van der Waals surface area contributed by atoms with Crippen LogP contribution in [-0.4, -0.2) is 28.6 Å². The van der Waals surface area contributed by atoms with Gasteiger partial charge in [-0.25, -0.2) is 4.98 Å². The quantitative estimate of drug-likeness (QED) is 0.628. The van der Waals surface area contributed by atoms with Gasteiger partial charge in [0.25, 0.3) is 0 Å². The third-order valence-corrected chi connectivity index (χ3v) is 3.96. The molecule has 0 saturated carbocycles. The summed E-state index contributed by atoms with van der Waals surface area (Å²) < 4.78 is 5.05. The van der Waals surface area contributed by atoms with Crippen LogP contribution in [0.5, 0.6) is 0 Å². The second-order valence-electron chi connectivity index (χ2n) is 5.05. The molecule has 0 atom stereocenters. The molecule has 0 spiro atoms. The summed E-state index contributed by atoms with van der Waals surface area (Å²) in [6, 6.07) is 3.64. The maximum Gasteiger partial charge on any atom is 0.316 e. The Morgan fingerprint density at radius 2 is 2.29 bits per heavy atom. The number of nitriles is 1. The van der Waals surface area contributed by atoms with Gasteiger partial charge in [0.2, 0.25) is 0 Å². The van der Waals surface area contributed by atoms with Gasteiger partial charge in [-0.2, -0.15) is 5.26 Å².